The van der Waals surface area contributed by atoms with Gasteiger partial charge >= 0.3 is 0 Å². The molecule has 0 aliphatic carbocycles. The molecule has 0 amide bonds. The first-order valence-electron chi connectivity index (χ1n) is 7.12. The van der Waals surface area contributed by atoms with Crippen LogP contribution < -0.4 is 25.0 Å². The van der Waals surface area contributed by atoms with Crippen molar-refractivity contribution in [3.63, 3.8) is 0 Å². The number of methoxy groups -OCH3 is 3. The monoisotopic (exact) mass is 345 g/mol. The van der Waals surface area contributed by atoms with Crippen LogP contribution in [0.5, 0.6) is 17.2 Å². The summed E-state index contributed by atoms with van der Waals surface area (Å²) in [5, 5.41) is 7.52. The molecule has 6 nitrogen and oxygen atoms in total. The van der Waals surface area contributed by atoms with Gasteiger partial charge in [0.2, 0.25) is 0 Å². The lowest BCUT2D eigenvalue weighted by Crippen LogP contribution is -2.23. The second-order valence-corrected chi connectivity index (χ2v) is 5.08. The summed E-state index contributed by atoms with van der Waals surface area (Å²) in [6.07, 6.45) is 1.64. The smallest absolute Gasteiger partial charge is 0.191 e. The molecule has 0 aromatic heterocycles. The average molecular weight is 345 g/mol. The molecule has 0 aliphatic heterocycles. The quantitative estimate of drug-likeness (QED) is 0.477. The Hall–Kier alpha value is -2.80. The second kappa shape index (κ2) is 8.73. The Bertz CT molecular complexity index is 718. The van der Waals surface area contributed by atoms with Crippen LogP contribution in [-0.2, 0) is 0 Å². The van der Waals surface area contributed by atoms with Gasteiger partial charge in [-0.15, -0.1) is 0 Å². The number of hydrogen-bond acceptors (Lipinski definition) is 5. The summed E-state index contributed by atoms with van der Waals surface area (Å²) in [6.45, 7) is 0. The highest BCUT2D eigenvalue weighted by atomic mass is 32.1. The van der Waals surface area contributed by atoms with Crippen LogP contribution in [0.3, 0.4) is 0 Å². The van der Waals surface area contributed by atoms with Crippen LogP contribution >= 0.6 is 12.2 Å². The third-order valence-electron chi connectivity index (χ3n) is 3.14. The third kappa shape index (κ3) is 4.85. The van der Waals surface area contributed by atoms with E-state index >= 15 is 0 Å². The van der Waals surface area contributed by atoms with Gasteiger partial charge in [-0.25, -0.2) is 0 Å². The molecule has 0 radical (unpaired) electrons. The lowest BCUT2D eigenvalue weighted by Gasteiger charge is -2.08. The zero-order valence-corrected chi connectivity index (χ0v) is 14.5. The van der Waals surface area contributed by atoms with E-state index in [1.165, 1.54) is 0 Å². The number of anilines is 1. The van der Waals surface area contributed by atoms with E-state index in [4.69, 9.17) is 26.4 Å². The van der Waals surface area contributed by atoms with Crippen molar-refractivity contribution in [3.05, 3.63) is 48.0 Å². The highest BCUT2D eigenvalue weighted by molar-refractivity contribution is 7.80. The summed E-state index contributed by atoms with van der Waals surface area (Å²) in [6, 6.07) is 12.9. The van der Waals surface area contributed by atoms with Crippen LogP contribution in [0.15, 0.2) is 47.6 Å². The molecule has 2 rings (SSSR count). The van der Waals surface area contributed by atoms with E-state index in [-0.39, 0.29) is 0 Å². The summed E-state index contributed by atoms with van der Waals surface area (Å²) < 4.78 is 15.5. The Kier molecular flexibility index (Phi) is 6.39. The van der Waals surface area contributed by atoms with E-state index in [9.17, 15) is 0 Å². The number of hydrazone groups is 1. The molecular formula is C17H19N3O3S. The van der Waals surface area contributed by atoms with Gasteiger partial charge in [0.05, 0.1) is 27.5 Å². The molecule has 2 N–H and O–H groups in total. The number of nitrogens with zero attached hydrogens (tertiary/aromatic N) is 1. The van der Waals surface area contributed by atoms with E-state index in [0.29, 0.717) is 16.6 Å². The zero-order valence-electron chi connectivity index (χ0n) is 13.7. The summed E-state index contributed by atoms with van der Waals surface area (Å²) in [4.78, 5) is 0. The van der Waals surface area contributed by atoms with Gasteiger partial charge in [0.15, 0.2) is 16.6 Å². The van der Waals surface area contributed by atoms with Crippen LogP contribution in [0, 0.1) is 0 Å². The van der Waals surface area contributed by atoms with Crippen molar-refractivity contribution < 1.29 is 14.2 Å². The minimum Gasteiger partial charge on any atom is -0.497 e. The van der Waals surface area contributed by atoms with Crippen molar-refractivity contribution in [3.8, 4) is 17.2 Å². The molecule has 2 aromatic carbocycles. The SMILES string of the molecule is COc1ccc(NC(=S)N/N=C\c2ccc(OC)c(OC)c2)cc1. The summed E-state index contributed by atoms with van der Waals surface area (Å²) in [7, 11) is 4.80. The standard InChI is InChI=1S/C17H19N3O3S/c1-21-14-7-5-13(6-8-14)19-17(24)20-18-11-12-4-9-15(22-2)16(10-12)23-3/h4-11H,1-3H3,(H2,19,20,24)/b18-11-. The van der Waals surface area contributed by atoms with Gasteiger partial charge < -0.3 is 19.5 Å². The van der Waals surface area contributed by atoms with Crippen LogP contribution in [0.1, 0.15) is 5.56 Å². The maximum absolute atomic E-state index is 5.25. The Labute approximate surface area is 146 Å². The van der Waals surface area contributed by atoms with Crippen molar-refractivity contribution in [2.75, 3.05) is 26.6 Å². The second-order valence-electron chi connectivity index (χ2n) is 4.67. The molecular weight excluding hydrogens is 326 g/mol. The highest BCUT2D eigenvalue weighted by Crippen LogP contribution is 2.26. The van der Waals surface area contributed by atoms with Crippen molar-refractivity contribution in [1.82, 2.24) is 5.43 Å². The van der Waals surface area contributed by atoms with Crippen molar-refractivity contribution >= 4 is 29.2 Å². The van der Waals surface area contributed by atoms with E-state index < -0.39 is 0 Å². The fourth-order valence-corrected chi connectivity index (χ4v) is 2.10. The Morgan fingerprint density at radius 2 is 1.67 bits per heavy atom. The van der Waals surface area contributed by atoms with E-state index in [2.05, 4.69) is 15.8 Å². The predicted molar refractivity (Wildman–Crippen MR) is 99.5 cm³/mol. The molecule has 0 atom stereocenters. The first kappa shape index (κ1) is 17.6. The fourth-order valence-electron chi connectivity index (χ4n) is 1.93. The number of benzene rings is 2. The van der Waals surface area contributed by atoms with Gasteiger partial charge in [0.1, 0.15) is 5.75 Å². The fraction of sp³-hybridized carbons (Fsp3) is 0.176. The molecule has 0 heterocycles. The summed E-state index contributed by atoms with van der Waals surface area (Å²) in [5.74, 6) is 2.09. The van der Waals surface area contributed by atoms with Crippen LogP contribution in [0.4, 0.5) is 5.69 Å². The molecule has 0 saturated carbocycles. The number of hydrogen-bond donors (Lipinski definition) is 2. The number of rotatable bonds is 6. The van der Waals surface area contributed by atoms with E-state index in [1.807, 2.05) is 42.5 Å². The zero-order chi connectivity index (χ0) is 17.4. The lowest BCUT2D eigenvalue weighted by atomic mass is 10.2. The Morgan fingerprint density at radius 3 is 2.29 bits per heavy atom. The molecule has 2 aromatic rings. The molecule has 0 spiro atoms. The van der Waals surface area contributed by atoms with Gasteiger partial charge in [-0.05, 0) is 60.2 Å². The minimum atomic E-state index is 0.386. The van der Waals surface area contributed by atoms with Crippen molar-refractivity contribution in [1.29, 1.82) is 0 Å². The first-order chi connectivity index (χ1) is 11.7. The lowest BCUT2D eigenvalue weighted by molar-refractivity contribution is 0.355. The topological polar surface area (TPSA) is 64.1 Å². The number of nitrogens with one attached hydrogen (secondary N) is 2. The first-order valence-corrected chi connectivity index (χ1v) is 7.53. The van der Waals surface area contributed by atoms with Gasteiger partial charge in [-0.1, -0.05) is 0 Å². The van der Waals surface area contributed by atoms with Crippen molar-refractivity contribution in [2.45, 2.75) is 0 Å². The van der Waals surface area contributed by atoms with Crippen LogP contribution in [-0.4, -0.2) is 32.7 Å². The maximum Gasteiger partial charge on any atom is 0.191 e. The maximum atomic E-state index is 5.25. The Balaban J connectivity index is 1.91. The number of thiocarbonyl (C=S) groups is 1. The van der Waals surface area contributed by atoms with Gasteiger partial charge in [0, 0.05) is 5.69 Å². The third-order valence-corrected chi connectivity index (χ3v) is 3.33. The van der Waals surface area contributed by atoms with Gasteiger partial charge in [-0.2, -0.15) is 5.10 Å². The van der Waals surface area contributed by atoms with Crippen LogP contribution in [0.25, 0.3) is 0 Å². The number of ether oxygens (including phenoxy) is 3. The molecule has 24 heavy (non-hydrogen) atoms. The molecule has 0 aliphatic rings. The van der Waals surface area contributed by atoms with E-state index in [0.717, 1.165) is 17.0 Å². The Morgan fingerprint density at radius 1 is 0.958 bits per heavy atom. The van der Waals surface area contributed by atoms with Gasteiger partial charge in [-0.3, -0.25) is 5.43 Å². The summed E-state index contributed by atoms with van der Waals surface area (Å²) >= 11 is 5.19. The highest BCUT2D eigenvalue weighted by Gasteiger charge is 2.03. The molecule has 0 bridgehead atoms. The van der Waals surface area contributed by atoms with E-state index in [1.54, 1.807) is 27.5 Å². The van der Waals surface area contributed by atoms with Crippen LogP contribution in [0.2, 0.25) is 0 Å². The molecule has 0 saturated heterocycles. The minimum absolute atomic E-state index is 0.386. The molecule has 0 unspecified atom stereocenters. The largest absolute Gasteiger partial charge is 0.497 e. The molecule has 126 valence electrons. The predicted octanol–water partition coefficient (Wildman–Crippen LogP) is 3.03. The normalized spacial score (nSPS) is 10.3. The summed E-state index contributed by atoms with van der Waals surface area (Å²) in [5.41, 5.74) is 4.46. The van der Waals surface area contributed by atoms with Gasteiger partial charge in [0.25, 0.3) is 0 Å². The molecule has 7 heteroatoms. The average Bonchev–Trinajstić information content (AvgIpc) is 2.62. The molecule has 0 fully saturated rings. The van der Waals surface area contributed by atoms with Crippen molar-refractivity contribution in [2.24, 2.45) is 5.10 Å².